The fourth-order valence-corrected chi connectivity index (χ4v) is 8.64. The van der Waals surface area contributed by atoms with Gasteiger partial charge in [0.15, 0.2) is 8.32 Å². The predicted octanol–water partition coefficient (Wildman–Crippen LogP) is 6.82. The summed E-state index contributed by atoms with van der Waals surface area (Å²) in [5.74, 6) is 1.08. The second-order valence-electron chi connectivity index (χ2n) is 12.5. The highest BCUT2D eigenvalue weighted by atomic mass is 28.4. The van der Waals surface area contributed by atoms with Crippen molar-refractivity contribution in [1.82, 2.24) is 4.90 Å². The van der Waals surface area contributed by atoms with Crippen LogP contribution in [0.1, 0.15) is 51.7 Å². The molecule has 1 heterocycles. The first-order valence-electron chi connectivity index (χ1n) is 13.7. The lowest BCUT2D eigenvalue weighted by Crippen LogP contribution is -2.71. The summed E-state index contributed by atoms with van der Waals surface area (Å²) in [7, 11) is -2.05. The van der Waals surface area contributed by atoms with E-state index in [2.05, 4.69) is 113 Å². The van der Waals surface area contributed by atoms with Crippen molar-refractivity contribution in [3.05, 3.63) is 81.9 Å². The zero-order chi connectivity index (χ0) is 26.3. The first kappa shape index (κ1) is 27.0. The van der Waals surface area contributed by atoms with Crippen molar-refractivity contribution in [2.24, 2.45) is 23.7 Å². The number of benzene rings is 2. The van der Waals surface area contributed by atoms with Crippen LogP contribution in [0.4, 0.5) is 0 Å². The summed E-state index contributed by atoms with van der Waals surface area (Å²) < 4.78 is 7.32. The summed E-state index contributed by atoms with van der Waals surface area (Å²) in [5.41, 5.74) is 1.62. The minimum absolute atomic E-state index is 0.0235. The molecule has 1 saturated heterocycles. The maximum Gasteiger partial charge on any atom is 0.232 e. The van der Waals surface area contributed by atoms with Gasteiger partial charge in [-0.25, -0.2) is 0 Å². The first-order valence-corrected chi connectivity index (χ1v) is 17.1. The molecule has 2 fully saturated rings. The van der Waals surface area contributed by atoms with E-state index in [1.54, 1.807) is 0 Å². The van der Waals surface area contributed by atoms with Crippen molar-refractivity contribution in [3.8, 4) is 0 Å². The average molecular weight is 509 g/mol. The van der Waals surface area contributed by atoms with Crippen LogP contribution in [0.25, 0.3) is 0 Å². The Morgan fingerprint density at radius 1 is 0.917 bits per heavy atom. The van der Waals surface area contributed by atoms with Crippen molar-refractivity contribution in [3.63, 3.8) is 0 Å². The molecule has 2 aromatic rings. The molecule has 6 heteroatoms. The second-order valence-corrected chi connectivity index (χ2v) is 16.9. The quantitative estimate of drug-likeness (QED) is 0.212. The largest absolute Gasteiger partial charge is 0.403 e. The monoisotopic (exact) mass is 508 g/mol. The number of nitro groups is 1. The molecule has 1 aliphatic carbocycles. The second kappa shape index (κ2) is 10.4. The van der Waals surface area contributed by atoms with Gasteiger partial charge in [0.1, 0.15) is 5.60 Å². The van der Waals surface area contributed by atoms with E-state index in [4.69, 9.17) is 4.43 Å². The van der Waals surface area contributed by atoms with Gasteiger partial charge in [-0.3, -0.25) is 15.0 Å². The molecule has 4 rings (SSSR count). The number of rotatable bonds is 9. The molecule has 1 aliphatic heterocycles. The highest BCUT2D eigenvalue weighted by Crippen LogP contribution is 2.53. The van der Waals surface area contributed by atoms with Gasteiger partial charge in [0.05, 0.1) is 6.04 Å². The third kappa shape index (κ3) is 4.80. The third-order valence-electron chi connectivity index (χ3n) is 8.38. The van der Waals surface area contributed by atoms with Gasteiger partial charge in [0.25, 0.3) is 0 Å². The van der Waals surface area contributed by atoms with Gasteiger partial charge in [0.2, 0.25) is 6.04 Å². The molecule has 0 unspecified atom stereocenters. The van der Waals surface area contributed by atoms with Gasteiger partial charge < -0.3 is 4.43 Å². The third-order valence-corrected chi connectivity index (χ3v) is 9.32. The highest BCUT2D eigenvalue weighted by molar-refractivity contribution is 6.69. The summed E-state index contributed by atoms with van der Waals surface area (Å²) in [5, 5.41) is 12.5. The van der Waals surface area contributed by atoms with Crippen LogP contribution in [-0.2, 0) is 10.0 Å². The molecular formula is C30H44N2O3Si. The summed E-state index contributed by atoms with van der Waals surface area (Å²) in [6.45, 7) is 16.4. The lowest BCUT2D eigenvalue weighted by Gasteiger charge is -2.57. The van der Waals surface area contributed by atoms with Crippen LogP contribution in [-0.4, -0.2) is 42.8 Å². The van der Waals surface area contributed by atoms with Crippen molar-refractivity contribution < 1.29 is 9.35 Å². The maximum atomic E-state index is 12.5. The Balaban J connectivity index is 1.90. The number of hydrogen-bond donors (Lipinski definition) is 0. The smallest absolute Gasteiger partial charge is 0.232 e. The molecule has 36 heavy (non-hydrogen) atoms. The molecule has 0 bridgehead atoms. The highest BCUT2D eigenvalue weighted by Gasteiger charge is 2.65. The molecule has 2 aromatic carbocycles. The number of likely N-dealkylation sites (tertiary alicyclic amines) is 1. The van der Waals surface area contributed by atoms with Crippen LogP contribution >= 0.6 is 0 Å². The minimum atomic E-state index is -2.05. The molecule has 0 radical (unpaired) electrons. The molecule has 1 saturated carbocycles. The molecule has 0 amide bonds. The topological polar surface area (TPSA) is 55.6 Å². The Labute approximate surface area is 218 Å². The van der Waals surface area contributed by atoms with E-state index in [1.165, 1.54) is 0 Å². The van der Waals surface area contributed by atoms with E-state index in [-0.39, 0.29) is 28.8 Å². The summed E-state index contributed by atoms with van der Waals surface area (Å²) in [4.78, 5) is 15.0. The van der Waals surface area contributed by atoms with E-state index < -0.39 is 20.0 Å². The van der Waals surface area contributed by atoms with Gasteiger partial charge in [-0.1, -0.05) is 88.4 Å². The predicted molar refractivity (Wildman–Crippen MR) is 149 cm³/mol. The Bertz CT molecular complexity index is 982. The Morgan fingerprint density at radius 3 is 1.83 bits per heavy atom. The normalized spacial score (nSPS) is 27.4. The van der Waals surface area contributed by atoms with E-state index in [1.807, 2.05) is 0 Å². The van der Waals surface area contributed by atoms with Gasteiger partial charge in [-0.2, -0.15) is 0 Å². The van der Waals surface area contributed by atoms with E-state index in [9.17, 15) is 10.1 Å². The summed E-state index contributed by atoms with van der Waals surface area (Å²) >= 11 is 0. The van der Waals surface area contributed by atoms with Crippen LogP contribution in [0.5, 0.6) is 0 Å². The van der Waals surface area contributed by atoms with Gasteiger partial charge >= 0.3 is 0 Å². The fraction of sp³-hybridized carbons (Fsp3) is 0.600. The zero-order valence-corrected chi connectivity index (χ0v) is 24.1. The molecule has 0 aromatic heterocycles. The lowest BCUT2D eigenvalue weighted by atomic mass is 9.56. The molecule has 2 aliphatic rings. The van der Waals surface area contributed by atoms with Crippen LogP contribution in [0.2, 0.25) is 19.6 Å². The standard InChI is InChI=1S/C30H44N2O3Si/c1-21(2)26-27(22(3)4)29(32(33)34)28(26)31-20-14-19-25(31)30(35-36(5,6)7,23-15-10-8-11-16-23)24-17-12-9-13-18-24/h8-13,15-18,21-22,25-29H,14,19-20H2,1-7H3/t25-,26+,27+,28-,29-/m0/s1. The van der Waals surface area contributed by atoms with Crippen LogP contribution < -0.4 is 0 Å². The van der Waals surface area contributed by atoms with Gasteiger partial charge in [0, 0.05) is 16.9 Å². The molecule has 196 valence electrons. The van der Waals surface area contributed by atoms with Gasteiger partial charge in [-0.05, 0) is 67.9 Å². The van der Waals surface area contributed by atoms with Crippen molar-refractivity contribution >= 4 is 8.32 Å². The minimum Gasteiger partial charge on any atom is -0.403 e. The Hall–Kier alpha value is -2.02. The van der Waals surface area contributed by atoms with Crippen LogP contribution in [0.15, 0.2) is 60.7 Å². The molecule has 5 nitrogen and oxygen atoms in total. The molecule has 0 N–H and O–H groups in total. The fourth-order valence-electron chi connectivity index (χ4n) is 7.30. The van der Waals surface area contributed by atoms with E-state index in [0.717, 1.165) is 30.5 Å². The average Bonchev–Trinajstić information content (AvgIpc) is 3.26. The van der Waals surface area contributed by atoms with Crippen LogP contribution in [0, 0.1) is 33.8 Å². The van der Waals surface area contributed by atoms with E-state index >= 15 is 0 Å². The molecule has 5 atom stereocenters. The maximum absolute atomic E-state index is 12.5. The summed E-state index contributed by atoms with van der Waals surface area (Å²) in [6.07, 6.45) is 1.99. The summed E-state index contributed by atoms with van der Waals surface area (Å²) in [6, 6.07) is 20.7. The van der Waals surface area contributed by atoms with Gasteiger partial charge in [-0.15, -0.1) is 0 Å². The Kier molecular flexibility index (Phi) is 7.80. The zero-order valence-electron chi connectivity index (χ0n) is 23.1. The van der Waals surface area contributed by atoms with Crippen LogP contribution in [0.3, 0.4) is 0 Å². The van der Waals surface area contributed by atoms with Crippen molar-refractivity contribution in [2.45, 2.75) is 83.9 Å². The number of nitrogens with zero attached hydrogens (tertiary/aromatic N) is 2. The van der Waals surface area contributed by atoms with Crippen molar-refractivity contribution in [2.75, 3.05) is 6.54 Å². The number of hydrogen-bond acceptors (Lipinski definition) is 4. The van der Waals surface area contributed by atoms with Crippen molar-refractivity contribution in [1.29, 1.82) is 0 Å². The lowest BCUT2D eigenvalue weighted by molar-refractivity contribution is -0.569. The molecular weight excluding hydrogens is 464 g/mol. The first-order chi connectivity index (χ1) is 17.0. The Morgan fingerprint density at radius 2 is 1.42 bits per heavy atom. The molecule has 0 spiro atoms. The SMILES string of the molecule is CC(C)[C@@H]1[C@@H](C(C)C)[C@H]([N+](=O)[O-])[C@H]1N1CCC[C@H]1C(O[Si](C)(C)C)(c1ccccc1)c1ccccc1. The van der Waals surface area contributed by atoms with E-state index in [0.29, 0.717) is 11.8 Å².